The third-order valence-corrected chi connectivity index (χ3v) is 4.89. The molecule has 1 aliphatic heterocycles. The molecule has 1 amide bonds. The quantitative estimate of drug-likeness (QED) is 0.696. The minimum Gasteiger partial charge on any atom is -0.363 e. The van der Waals surface area contributed by atoms with Gasteiger partial charge in [-0.2, -0.15) is 23.4 Å². The number of amides is 1. The number of alkyl halides is 3. The van der Waals surface area contributed by atoms with E-state index in [0.717, 1.165) is 10.2 Å². The lowest BCUT2D eigenvalue weighted by molar-refractivity contribution is -0.173. The summed E-state index contributed by atoms with van der Waals surface area (Å²) in [5, 5.41) is 13.8. The third-order valence-electron chi connectivity index (χ3n) is 4.89. The Morgan fingerprint density at radius 3 is 2.59 bits per heavy atom. The summed E-state index contributed by atoms with van der Waals surface area (Å²) in [7, 11) is 1.71. The van der Waals surface area contributed by atoms with E-state index in [-0.39, 0.29) is 17.9 Å². The molecular formula is C19H19F3N6O. The predicted molar refractivity (Wildman–Crippen MR) is 101 cm³/mol. The average molecular weight is 404 g/mol. The van der Waals surface area contributed by atoms with Crippen LogP contribution in [0, 0.1) is 6.92 Å². The summed E-state index contributed by atoms with van der Waals surface area (Å²) in [5.74, 6) is -0.442. The number of fused-ring (bicyclic) bond motifs is 1. The molecule has 0 unspecified atom stereocenters. The molecule has 0 fully saturated rings. The minimum absolute atomic E-state index is 0.0984. The predicted octanol–water partition coefficient (Wildman–Crippen LogP) is 3.84. The van der Waals surface area contributed by atoms with Gasteiger partial charge >= 0.3 is 6.18 Å². The van der Waals surface area contributed by atoms with Gasteiger partial charge in [0, 0.05) is 25.7 Å². The van der Waals surface area contributed by atoms with Gasteiger partial charge in [0.25, 0.3) is 5.91 Å². The number of rotatable bonds is 3. The van der Waals surface area contributed by atoms with Crippen LogP contribution in [-0.2, 0) is 7.05 Å². The fourth-order valence-electron chi connectivity index (χ4n) is 3.50. The van der Waals surface area contributed by atoms with Crippen molar-refractivity contribution < 1.29 is 18.0 Å². The van der Waals surface area contributed by atoms with Crippen molar-refractivity contribution in [2.75, 3.05) is 10.6 Å². The molecule has 4 rings (SSSR count). The molecule has 29 heavy (non-hydrogen) atoms. The molecule has 0 spiro atoms. The van der Waals surface area contributed by atoms with E-state index in [0.29, 0.717) is 11.4 Å². The SMILES string of the molecule is Cc1nn(C)cc1NC(=O)c1cc2n(n1)[C@@H](C(F)(F)F)C[C@@H](c1ccccc1)N2. The number of nitrogens with zero attached hydrogens (tertiary/aromatic N) is 4. The summed E-state index contributed by atoms with van der Waals surface area (Å²) in [4.78, 5) is 12.6. The van der Waals surface area contributed by atoms with Crippen LogP contribution in [0.5, 0.6) is 0 Å². The lowest BCUT2D eigenvalue weighted by Gasteiger charge is -2.33. The van der Waals surface area contributed by atoms with Crippen molar-refractivity contribution in [3.8, 4) is 0 Å². The molecule has 2 atom stereocenters. The second-order valence-corrected chi connectivity index (χ2v) is 7.02. The van der Waals surface area contributed by atoms with Crippen LogP contribution < -0.4 is 10.6 Å². The molecule has 0 bridgehead atoms. The number of aryl methyl sites for hydroxylation is 2. The van der Waals surface area contributed by atoms with Crippen LogP contribution in [0.25, 0.3) is 0 Å². The summed E-state index contributed by atoms with van der Waals surface area (Å²) in [6, 6.07) is 7.89. The molecule has 0 saturated heterocycles. The molecule has 3 aromatic rings. The molecular weight excluding hydrogens is 385 g/mol. The molecule has 1 aromatic carbocycles. The number of aromatic nitrogens is 4. The molecule has 1 aliphatic rings. The van der Waals surface area contributed by atoms with Crippen molar-refractivity contribution in [3.63, 3.8) is 0 Å². The Hall–Kier alpha value is -3.30. The number of nitrogens with one attached hydrogen (secondary N) is 2. The Balaban J connectivity index is 1.65. The molecule has 2 N–H and O–H groups in total. The Morgan fingerprint density at radius 1 is 1.24 bits per heavy atom. The highest BCUT2D eigenvalue weighted by atomic mass is 19.4. The molecule has 10 heteroatoms. The van der Waals surface area contributed by atoms with Gasteiger partial charge in [-0.1, -0.05) is 30.3 Å². The van der Waals surface area contributed by atoms with Crippen molar-refractivity contribution in [2.45, 2.75) is 31.6 Å². The van der Waals surface area contributed by atoms with Gasteiger partial charge in [0.1, 0.15) is 5.82 Å². The number of anilines is 2. The first-order chi connectivity index (χ1) is 13.7. The van der Waals surface area contributed by atoms with Crippen LogP contribution in [0.4, 0.5) is 24.7 Å². The zero-order chi connectivity index (χ0) is 20.8. The van der Waals surface area contributed by atoms with Gasteiger partial charge in [0.2, 0.25) is 0 Å². The molecule has 0 saturated carbocycles. The minimum atomic E-state index is -4.50. The van der Waals surface area contributed by atoms with Crippen molar-refractivity contribution in [2.24, 2.45) is 7.05 Å². The monoisotopic (exact) mass is 404 g/mol. The second-order valence-electron chi connectivity index (χ2n) is 7.02. The van der Waals surface area contributed by atoms with E-state index in [1.54, 1.807) is 50.5 Å². The zero-order valence-electron chi connectivity index (χ0n) is 15.7. The van der Waals surface area contributed by atoms with E-state index in [1.165, 1.54) is 10.7 Å². The highest BCUT2D eigenvalue weighted by Crippen LogP contribution is 2.43. The molecule has 152 valence electrons. The van der Waals surface area contributed by atoms with Gasteiger partial charge < -0.3 is 10.6 Å². The van der Waals surface area contributed by atoms with Crippen LogP contribution in [0.3, 0.4) is 0 Å². The smallest absolute Gasteiger partial charge is 0.363 e. The Morgan fingerprint density at radius 2 is 1.97 bits per heavy atom. The first-order valence-electron chi connectivity index (χ1n) is 9.01. The van der Waals surface area contributed by atoms with E-state index in [2.05, 4.69) is 20.8 Å². The summed E-state index contributed by atoms with van der Waals surface area (Å²) in [6.07, 6.45) is -3.10. The average Bonchev–Trinajstić information content (AvgIpc) is 3.23. The van der Waals surface area contributed by atoms with Gasteiger partial charge in [-0.15, -0.1) is 0 Å². The Labute approximate surface area is 164 Å². The highest BCUT2D eigenvalue weighted by Gasteiger charge is 2.46. The second kappa shape index (κ2) is 6.94. The highest BCUT2D eigenvalue weighted by molar-refractivity contribution is 6.03. The van der Waals surface area contributed by atoms with Gasteiger partial charge in [-0.3, -0.25) is 9.48 Å². The standard InChI is InChI=1S/C19H19F3N6O/c1-11-15(10-27(2)25-11)24-18(29)14-9-17-23-13(12-6-4-3-5-7-12)8-16(19(20,21)22)28(17)26-14/h3-7,9-10,13,16,23H,8H2,1-2H3,(H,24,29)/t13-,16+/m0/s1. The van der Waals surface area contributed by atoms with Gasteiger partial charge in [0.05, 0.1) is 17.4 Å². The van der Waals surface area contributed by atoms with Crippen LogP contribution >= 0.6 is 0 Å². The van der Waals surface area contributed by atoms with Crippen molar-refractivity contribution in [1.29, 1.82) is 0 Å². The van der Waals surface area contributed by atoms with E-state index in [1.807, 2.05) is 0 Å². The van der Waals surface area contributed by atoms with E-state index >= 15 is 0 Å². The summed E-state index contributed by atoms with van der Waals surface area (Å²) >= 11 is 0. The van der Waals surface area contributed by atoms with Crippen molar-refractivity contribution in [1.82, 2.24) is 19.6 Å². The van der Waals surface area contributed by atoms with Gasteiger partial charge in [0.15, 0.2) is 11.7 Å². The lowest BCUT2D eigenvalue weighted by Crippen LogP contribution is -2.35. The maximum atomic E-state index is 13.7. The van der Waals surface area contributed by atoms with E-state index in [4.69, 9.17) is 0 Å². The normalized spacial score (nSPS) is 18.8. The number of hydrogen-bond donors (Lipinski definition) is 2. The van der Waals surface area contributed by atoms with Crippen LogP contribution in [0.15, 0.2) is 42.6 Å². The maximum absolute atomic E-state index is 13.7. The lowest BCUT2D eigenvalue weighted by atomic mass is 9.97. The van der Waals surface area contributed by atoms with Crippen molar-refractivity contribution >= 4 is 17.4 Å². The third kappa shape index (κ3) is 3.69. The molecule has 0 aliphatic carbocycles. The number of halogens is 3. The van der Waals surface area contributed by atoms with E-state index < -0.39 is 24.2 Å². The number of carbonyl (C=O) groups is 1. The molecule has 3 heterocycles. The summed E-state index contributed by atoms with van der Waals surface area (Å²) < 4.78 is 43.6. The van der Waals surface area contributed by atoms with E-state index in [9.17, 15) is 18.0 Å². The van der Waals surface area contributed by atoms with Crippen molar-refractivity contribution in [3.05, 3.63) is 59.5 Å². The first-order valence-corrected chi connectivity index (χ1v) is 9.01. The summed E-state index contributed by atoms with van der Waals surface area (Å²) in [5.41, 5.74) is 1.72. The summed E-state index contributed by atoms with van der Waals surface area (Å²) in [6.45, 7) is 1.72. The Kier molecular flexibility index (Phi) is 4.56. The fraction of sp³-hybridized carbons (Fsp3) is 0.316. The van der Waals surface area contributed by atoms with Crippen LogP contribution in [0.1, 0.15) is 40.3 Å². The molecule has 2 aromatic heterocycles. The van der Waals surface area contributed by atoms with Gasteiger partial charge in [-0.05, 0) is 12.5 Å². The van der Waals surface area contributed by atoms with Crippen LogP contribution in [0.2, 0.25) is 0 Å². The molecule has 7 nitrogen and oxygen atoms in total. The zero-order valence-corrected chi connectivity index (χ0v) is 15.7. The molecule has 0 radical (unpaired) electrons. The Bertz CT molecular complexity index is 1040. The topological polar surface area (TPSA) is 76.8 Å². The van der Waals surface area contributed by atoms with Gasteiger partial charge in [-0.25, -0.2) is 4.68 Å². The maximum Gasteiger partial charge on any atom is 0.410 e. The number of hydrogen-bond acceptors (Lipinski definition) is 4. The number of benzene rings is 1. The van der Waals surface area contributed by atoms with Crippen LogP contribution in [-0.4, -0.2) is 31.6 Å². The fourth-order valence-corrected chi connectivity index (χ4v) is 3.50. The largest absolute Gasteiger partial charge is 0.410 e. The number of carbonyl (C=O) groups excluding carboxylic acids is 1. The first kappa shape index (κ1) is 19.0.